The van der Waals surface area contributed by atoms with E-state index >= 15 is 0 Å². The van der Waals surface area contributed by atoms with Crippen LogP contribution in [0.25, 0.3) is 21.5 Å². The Labute approximate surface area is 472 Å². The summed E-state index contributed by atoms with van der Waals surface area (Å²) >= 11 is 7.89. The van der Waals surface area contributed by atoms with E-state index in [1.54, 1.807) is 29.1 Å². The molecule has 5 aromatic rings. The van der Waals surface area contributed by atoms with Crippen molar-refractivity contribution in [3.05, 3.63) is 88.4 Å². The molecule has 80 heavy (non-hydrogen) atoms. The van der Waals surface area contributed by atoms with Gasteiger partial charge in [-0.15, -0.1) is 11.3 Å². The van der Waals surface area contributed by atoms with Gasteiger partial charge in [0, 0.05) is 38.7 Å². The molecule has 2 aromatic carbocycles. The van der Waals surface area contributed by atoms with E-state index in [0.717, 1.165) is 21.7 Å². The van der Waals surface area contributed by atoms with Crippen LogP contribution in [0.2, 0.25) is 5.02 Å². The molecule has 0 saturated carbocycles. The van der Waals surface area contributed by atoms with Crippen LogP contribution < -0.4 is 26.4 Å². The Morgan fingerprint density at radius 1 is 0.850 bits per heavy atom. The second kappa shape index (κ2) is 29.7. The number of nitrogens with one attached hydrogen (secondary N) is 3. The second-order valence-corrected chi connectivity index (χ2v) is 21.5. The number of anilines is 1. The highest BCUT2D eigenvalue weighted by Gasteiger charge is 2.48. The van der Waals surface area contributed by atoms with Gasteiger partial charge < -0.3 is 84.7 Å². The Bertz CT molecular complexity index is 2820. The van der Waals surface area contributed by atoms with E-state index in [9.17, 15) is 39.6 Å². The van der Waals surface area contributed by atoms with Crippen molar-refractivity contribution in [1.29, 1.82) is 0 Å². The molecule has 3 aromatic heterocycles. The molecule has 24 nitrogen and oxygen atoms in total. The average Bonchev–Trinajstić information content (AvgIpc) is 4.29. The molecule has 436 valence electrons. The van der Waals surface area contributed by atoms with Crippen molar-refractivity contribution in [2.75, 3.05) is 91.5 Å². The van der Waals surface area contributed by atoms with Crippen LogP contribution in [-0.2, 0) is 54.1 Å². The van der Waals surface area contributed by atoms with E-state index in [4.69, 9.17) is 50.5 Å². The van der Waals surface area contributed by atoms with Crippen LogP contribution in [0.3, 0.4) is 0 Å². The van der Waals surface area contributed by atoms with Gasteiger partial charge in [-0.1, -0.05) is 62.7 Å². The van der Waals surface area contributed by atoms with Gasteiger partial charge in [-0.25, -0.2) is 15.0 Å². The maximum Gasteiger partial charge on any atom is 0.258 e. The van der Waals surface area contributed by atoms with Gasteiger partial charge in [0.05, 0.1) is 98.7 Å². The number of aromatic nitrogens is 4. The van der Waals surface area contributed by atoms with E-state index < -0.39 is 66.1 Å². The number of amides is 4. The molecular formula is C54H72ClN9O15S. The third-order valence-corrected chi connectivity index (χ3v) is 14.6. The maximum absolute atomic E-state index is 13.9. The van der Waals surface area contributed by atoms with Crippen LogP contribution in [0.5, 0.6) is 5.75 Å². The molecule has 2 saturated heterocycles. The fraction of sp³-hybridized carbons (Fsp3) is 0.537. The van der Waals surface area contributed by atoms with Gasteiger partial charge in [0.25, 0.3) is 5.91 Å². The second-order valence-electron chi connectivity index (χ2n) is 20.2. The number of carbonyl (C=O) groups excluding carboxylic acids is 4. The summed E-state index contributed by atoms with van der Waals surface area (Å²) < 4.78 is 40.8. The van der Waals surface area contributed by atoms with E-state index in [1.807, 2.05) is 52.0 Å². The molecule has 26 heteroatoms. The van der Waals surface area contributed by atoms with Crippen LogP contribution in [0.15, 0.2) is 66.6 Å². The quantitative estimate of drug-likeness (QED) is 0.0306. The lowest BCUT2D eigenvalue weighted by Crippen LogP contribution is -2.57. The summed E-state index contributed by atoms with van der Waals surface area (Å²) in [6.07, 6.45) is -4.55. The standard InChI is InChI=1S/C54H72ClN9O15S/c1-32-47(80-31-61-32)34-7-5-33(6-8-34)27-58-51(71)39-26-36(65)28-64(39)52(72)48(54(2,3)4)62-41(66)12-15-73-17-19-75-21-23-77-24-22-76-20-18-74-16-13-57-42(67)29-78-40-25-35(9-10-38(40)55)43(68)46-44(69)45(70)53(79-46)63-14-11-37-49(56)59-30-60-50(37)63/h5-11,14,25,30-31,36,39,43-46,48,53,65,68-70H,12-13,15-24,26-29H2,1-4H3,(H,57,67)(H,58,71)(H,62,66)(H2,56,59,60)/t36-,39+,43-,44+,45-,46-,48-,53-/m1/s1. The number of nitrogens with two attached hydrogens (primary N) is 1. The molecule has 2 fully saturated rings. The largest absolute Gasteiger partial charge is 0.482 e. The number of likely N-dealkylation sites (tertiary alicyclic amines) is 1. The minimum atomic E-state index is -1.47. The molecule has 0 aliphatic carbocycles. The molecule has 0 unspecified atom stereocenters. The van der Waals surface area contributed by atoms with E-state index in [2.05, 4.69) is 30.9 Å². The average molecular weight is 1150 g/mol. The number of benzene rings is 2. The molecule has 2 aliphatic rings. The molecule has 7 rings (SSSR count). The molecule has 5 heterocycles. The van der Waals surface area contributed by atoms with Crippen LogP contribution in [0.1, 0.15) is 62.8 Å². The van der Waals surface area contributed by atoms with Gasteiger partial charge >= 0.3 is 0 Å². The smallest absolute Gasteiger partial charge is 0.258 e. The van der Waals surface area contributed by atoms with Crippen LogP contribution in [-0.4, -0.2) is 191 Å². The first kappa shape index (κ1) is 61.7. The third kappa shape index (κ3) is 16.8. The minimum Gasteiger partial charge on any atom is -0.482 e. The van der Waals surface area contributed by atoms with Gasteiger partial charge in [-0.3, -0.25) is 19.2 Å². The Hall–Kier alpha value is -5.94. The number of rotatable bonds is 30. The van der Waals surface area contributed by atoms with Crippen molar-refractivity contribution in [3.63, 3.8) is 0 Å². The Kier molecular flexibility index (Phi) is 22.9. The Morgan fingerprint density at radius 2 is 1.51 bits per heavy atom. The number of nitrogen functional groups attached to an aromatic ring is 1. The molecule has 9 N–H and O–H groups in total. The predicted octanol–water partition coefficient (Wildman–Crippen LogP) is 2.23. The van der Waals surface area contributed by atoms with Crippen molar-refractivity contribution < 1.29 is 72.8 Å². The first-order valence-corrected chi connectivity index (χ1v) is 27.6. The highest BCUT2D eigenvalue weighted by molar-refractivity contribution is 7.13. The van der Waals surface area contributed by atoms with Crippen LogP contribution >= 0.6 is 22.9 Å². The van der Waals surface area contributed by atoms with Crippen LogP contribution in [0, 0.1) is 12.3 Å². The lowest BCUT2D eigenvalue weighted by Gasteiger charge is -2.35. The fourth-order valence-electron chi connectivity index (χ4n) is 8.99. The summed E-state index contributed by atoms with van der Waals surface area (Å²) in [5.74, 6) is -1.30. The zero-order valence-corrected chi connectivity index (χ0v) is 46.7. The number of aliphatic hydroxyl groups excluding tert-OH is 4. The lowest BCUT2D eigenvalue weighted by molar-refractivity contribution is -0.144. The fourth-order valence-corrected chi connectivity index (χ4v) is 9.98. The summed E-state index contributed by atoms with van der Waals surface area (Å²) in [5.41, 5.74) is 10.6. The zero-order chi connectivity index (χ0) is 57.3. The summed E-state index contributed by atoms with van der Waals surface area (Å²) in [6, 6.07) is 12.1. The van der Waals surface area contributed by atoms with Crippen molar-refractivity contribution >= 4 is 63.4 Å². The van der Waals surface area contributed by atoms with E-state index in [0.29, 0.717) is 44.1 Å². The first-order valence-electron chi connectivity index (χ1n) is 26.3. The minimum absolute atomic E-state index is 0.000280. The highest BCUT2D eigenvalue weighted by Crippen LogP contribution is 2.39. The van der Waals surface area contributed by atoms with E-state index in [-0.39, 0.29) is 106 Å². The van der Waals surface area contributed by atoms with Gasteiger partial charge in [-0.2, -0.15) is 0 Å². The van der Waals surface area contributed by atoms with Gasteiger partial charge in [-0.05, 0) is 47.2 Å². The molecule has 2 aliphatic heterocycles. The Balaban J connectivity index is 0.675. The van der Waals surface area contributed by atoms with Gasteiger partial charge in [0.1, 0.15) is 60.0 Å². The molecular weight excluding hydrogens is 1080 g/mol. The number of β-amino-alcohol motifs (C(OH)–C–C–N with tert-alkyl or cyclic N) is 1. The molecule has 4 amide bonds. The SMILES string of the molecule is Cc1ncsc1-c1ccc(CNC(=O)[C@@H]2C[C@@H](O)CN2C(=O)[C@@H](NC(=O)CCOCCOCCOCCOCCOCCNC(=O)COc2cc([C@@H](O)[C@H]3O[C@@H](n4ccc5c(N)ncnc54)[C@H](O)[C@@H]3O)ccc2Cl)C(C)(C)C)cc1. The number of hydrogen-bond acceptors (Lipinski definition) is 20. The molecule has 0 radical (unpaired) electrons. The normalized spacial score (nSPS) is 20.0. The molecule has 0 spiro atoms. The van der Waals surface area contributed by atoms with Crippen molar-refractivity contribution in [2.45, 2.75) is 95.9 Å². The summed E-state index contributed by atoms with van der Waals surface area (Å²) in [6.45, 7) is 10.2. The summed E-state index contributed by atoms with van der Waals surface area (Å²) in [5, 5.41) is 52.6. The number of nitrogens with zero attached hydrogens (tertiary/aromatic N) is 5. The van der Waals surface area contributed by atoms with Gasteiger partial charge in [0.15, 0.2) is 12.8 Å². The van der Waals surface area contributed by atoms with Crippen LogP contribution in [0.4, 0.5) is 5.82 Å². The molecule has 8 atom stereocenters. The van der Waals surface area contributed by atoms with Crippen molar-refractivity contribution in [2.24, 2.45) is 5.41 Å². The number of fused-ring (bicyclic) bond motifs is 1. The van der Waals surface area contributed by atoms with E-state index in [1.165, 1.54) is 34.0 Å². The summed E-state index contributed by atoms with van der Waals surface area (Å²) in [4.78, 5) is 67.8. The van der Waals surface area contributed by atoms with Crippen molar-refractivity contribution in [3.8, 4) is 16.2 Å². The Morgan fingerprint density at radius 3 is 2.16 bits per heavy atom. The first-order chi connectivity index (χ1) is 38.4. The van der Waals surface area contributed by atoms with Gasteiger partial charge in [0.2, 0.25) is 17.7 Å². The highest BCUT2D eigenvalue weighted by atomic mass is 35.5. The molecule has 0 bridgehead atoms. The number of thiazole rings is 1. The lowest BCUT2D eigenvalue weighted by atomic mass is 9.85. The topological polar surface area (TPSA) is 323 Å². The maximum atomic E-state index is 13.9. The zero-order valence-electron chi connectivity index (χ0n) is 45.2. The monoisotopic (exact) mass is 1150 g/mol. The number of aryl methyl sites for hydroxylation is 1. The number of carbonyl (C=O) groups is 4. The summed E-state index contributed by atoms with van der Waals surface area (Å²) in [7, 11) is 0. The number of ether oxygens (including phenoxy) is 7. The predicted molar refractivity (Wildman–Crippen MR) is 293 cm³/mol. The third-order valence-electron chi connectivity index (χ3n) is 13.3. The number of hydrogen-bond donors (Lipinski definition) is 8. The number of halogens is 1. The number of aliphatic hydroxyl groups is 4. The van der Waals surface area contributed by atoms with Crippen molar-refractivity contribution in [1.82, 2.24) is 40.4 Å².